The molecular formula is C19H15F3N2O5S. The van der Waals surface area contributed by atoms with Gasteiger partial charge in [-0.2, -0.15) is 0 Å². The fourth-order valence-electron chi connectivity index (χ4n) is 2.72. The molecule has 0 bridgehead atoms. The van der Waals surface area contributed by atoms with E-state index in [1.807, 2.05) is 0 Å². The van der Waals surface area contributed by atoms with E-state index in [4.69, 9.17) is 4.42 Å². The Morgan fingerprint density at radius 1 is 1.07 bits per heavy atom. The molecule has 30 heavy (non-hydrogen) atoms. The van der Waals surface area contributed by atoms with E-state index in [2.05, 4.69) is 5.32 Å². The van der Waals surface area contributed by atoms with Crippen LogP contribution in [0.5, 0.6) is 0 Å². The van der Waals surface area contributed by atoms with Crippen LogP contribution < -0.4 is 15.5 Å². The van der Waals surface area contributed by atoms with Gasteiger partial charge in [-0.05, 0) is 42.8 Å². The van der Waals surface area contributed by atoms with E-state index in [0.29, 0.717) is 0 Å². The molecule has 0 saturated heterocycles. The maximum atomic E-state index is 14.2. The van der Waals surface area contributed by atoms with Crippen LogP contribution in [0.1, 0.15) is 29.1 Å². The molecule has 1 atom stereocenters. The van der Waals surface area contributed by atoms with Crippen LogP contribution in [0.3, 0.4) is 0 Å². The lowest BCUT2D eigenvalue weighted by molar-refractivity contribution is 0.0912. The molecule has 3 aromatic rings. The Labute approximate surface area is 168 Å². The van der Waals surface area contributed by atoms with Crippen molar-refractivity contribution in [3.05, 3.63) is 75.4 Å². The molecule has 7 nitrogen and oxygen atoms in total. The summed E-state index contributed by atoms with van der Waals surface area (Å²) in [4.78, 5) is 24.5. The van der Waals surface area contributed by atoms with Gasteiger partial charge in [0.1, 0.15) is 17.1 Å². The SMILES string of the molecule is CC(NC(=O)c1cc(=O)c2cc(F)ccc2o1)c1cc(F)c(NS(C)(=O)=O)c(F)c1. The number of amides is 1. The Morgan fingerprint density at radius 2 is 1.70 bits per heavy atom. The van der Waals surface area contributed by atoms with Crippen molar-refractivity contribution in [3.8, 4) is 0 Å². The third-order valence-corrected chi connectivity index (χ3v) is 4.69. The monoisotopic (exact) mass is 440 g/mol. The Morgan fingerprint density at radius 3 is 2.30 bits per heavy atom. The number of fused-ring (bicyclic) bond motifs is 1. The van der Waals surface area contributed by atoms with Crippen LogP contribution in [0, 0.1) is 17.5 Å². The molecular weight excluding hydrogens is 425 g/mol. The van der Waals surface area contributed by atoms with Crippen molar-refractivity contribution in [1.29, 1.82) is 0 Å². The second-order valence-corrected chi connectivity index (χ2v) is 8.29. The van der Waals surface area contributed by atoms with Crippen molar-refractivity contribution in [2.75, 3.05) is 11.0 Å². The molecule has 1 amide bonds. The Hall–Kier alpha value is -3.34. The van der Waals surface area contributed by atoms with Crippen LogP contribution in [0.2, 0.25) is 0 Å². The van der Waals surface area contributed by atoms with Crippen LogP contribution >= 0.6 is 0 Å². The van der Waals surface area contributed by atoms with Crippen molar-refractivity contribution >= 4 is 32.6 Å². The topological polar surface area (TPSA) is 105 Å². The summed E-state index contributed by atoms with van der Waals surface area (Å²) >= 11 is 0. The average Bonchev–Trinajstić information content (AvgIpc) is 2.64. The third-order valence-electron chi connectivity index (χ3n) is 4.11. The van der Waals surface area contributed by atoms with Crippen molar-refractivity contribution in [1.82, 2.24) is 5.32 Å². The van der Waals surface area contributed by atoms with E-state index >= 15 is 0 Å². The molecule has 0 aliphatic heterocycles. The number of carbonyl (C=O) groups is 1. The molecule has 0 aliphatic carbocycles. The summed E-state index contributed by atoms with van der Waals surface area (Å²) in [6.45, 7) is 1.42. The molecule has 1 heterocycles. The molecule has 3 rings (SSSR count). The second-order valence-electron chi connectivity index (χ2n) is 6.54. The van der Waals surface area contributed by atoms with Gasteiger partial charge in [0.05, 0.1) is 17.7 Å². The molecule has 158 valence electrons. The molecule has 1 aromatic heterocycles. The fraction of sp³-hybridized carbons (Fsp3) is 0.158. The summed E-state index contributed by atoms with van der Waals surface area (Å²) in [7, 11) is -3.90. The molecule has 0 fully saturated rings. The average molecular weight is 440 g/mol. The van der Waals surface area contributed by atoms with E-state index in [-0.39, 0.29) is 22.3 Å². The van der Waals surface area contributed by atoms with Gasteiger partial charge in [0, 0.05) is 6.07 Å². The standard InChI is InChI=1S/C19H15F3N2O5S/c1-9(10-5-13(21)18(14(22)6-10)24-30(2,27)28)23-19(26)17-8-15(25)12-7-11(20)3-4-16(12)29-17/h3-9,24H,1-2H3,(H,23,26). The van der Waals surface area contributed by atoms with Gasteiger partial charge in [0.15, 0.2) is 22.8 Å². The lowest BCUT2D eigenvalue weighted by atomic mass is 10.1. The number of rotatable bonds is 5. The van der Waals surface area contributed by atoms with Crippen molar-refractivity contribution in [2.45, 2.75) is 13.0 Å². The number of carbonyl (C=O) groups excluding carboxylic acids is 1. The normalized spacial score (nSPS) is 12.6. The number of hydrogen-bond donors (Lipinski definition) is 2. The molecule has 1 unspecified atom stereocenters. The highest BCUT2D eigenvalue weighted by Crippen LogP contribution is 2.25. The number of halogens is 3. The highest BCUT2D eigenvalue weighted by molar-refractivity contribution is 7.92. The lowest BCUT2D eigenvalue weighted by Crippen LogP contribution is -2.27. The second kappa shape index (κ2) is 7.82. The lowest BCUT2D eigenvalue weighted by Gasteiger charge is -2.16. The Kier molecular flexibility index (Phi) is 5.57. The summed E-state index contributed by atoms with van der Waals surface area (Å²) in [6, 6.07) is 4.91. The first-order valence-electron chi connectivity index (χ1n) is 8.45. The summed E-state index contributed by atoms with van der Waals surface area (Å²) < 4.78 is 71.0. The maximum Gasteiger partial charge on any atom is 0.287 e. The number of sulfonamides is 1. The zero-order chi connectivity index (χ0) is 22.2. The predicted octanol–water partition coefficient (Wildman–Crippen LogP) is 3.07. The summed E-state index contributed by atoms with van der Waals surface area (Å²) in [5.74, 6) is -4.20. The summed E-state index contributed by atoms with van der Waals surface area (Å²) in [5, 5.41) is 2.38. The predicted molar refractivity (Wildman–Crippen MR) is 103 cm³/mol. The minimum atomic E-state index is -3.90. The van der Waals surface area contributed by atoms with E-state index in [0.717, 1.165) is 36.6 Å². The summed E-state index contributed by atoms with van der Waals surface area (Å²) in [6.07, 6.45) is 0.744. The van der Waals surface area contributed by atoms with Crippen LogP contribution in [0.25, 0.3) is 11.0 Å². The molecule has 0 spiro atoms. The first kappa shape index (κ1) is 21.4. The molecule has 0 radical (unpaired) electrons. The zero-order valence-corrected chi connectivity index (χ0v) is 16.4. The number of hydrogen-bond acceptors (Lipinski definition) is 5. The first-order valence-corrected chi connectivity index (χ1v) is 10.3. The third kappa shape index (κ3) is 4.62. The number of benzene rings is 2. The van der Waals surface area contributed by atoms with Crippen molar-refractivity contribution in [3.63, 3.8) is 0 Å². The fourth-order valence-corrected chi connectivity index (χ4v) is 3.28. The summed E-state index contributed by atoms with van der Waals surface area (Å²) in [5.41, 5.74) is -1.48. The minimum absolute atomic E-state index is 0.00242. The van der Waals surface area contributed by atoms with Gasteiger partial charge in [-0.15, -0.1) is 0 Å². The van der Waals surface area contributed by atoms with Gasteiger partial charge in [-0.3, -0.25) is 14.3 Å². The molecule has 0 saturated carbocycles. The van der Waals surface area contributed by atoms with E-state index < -0.39 is 50.5 Å². The highest BCUT2D eigenvalue weighted by Gasteiger charge is 2.20. The quantitative estimate of drug-likeness (QED) is 0.634. The minimum Gasteiger partial charge on any atom is -0.451 e. The van der Waals surface area contributed by atoms with E-state index in [1.54, 1.807) is 4.72 Å². The molecule has 11 heteroatoms. The van der Waals surface area contributed by atoms with Crippen molar-refractivity contribution < 1.29 is 30.8 Å². The van der Waals surface area contributed by atoms with Gasteiger partial charge in [0.2, 0.25) is 10.0 Å². The Balaban J connectivity index is 1.86. The molecule has 2 N–H and O–H groups in total. The number of anilines is 1. The zero-order valence-electron chi connectivity index (χ0n) is 15.6. The number of nitrogens with one attached hydrogen (secondary N) is 2. The molecule has 2 aromatic carbocycles. The van der Waals surface area contributed by atoms with Gasteiger partial charge in [0.25, 0.3) is 5.91 Å². The van der Waals surface area contributed by atoms with Gasteiger partial charge in [-0.25, -0.2) is 21.6 Å². The van der Waals surface area contributed by atoms with Crippen LogP contribution in [-0.4, -0.2) is 20.6 Å². The van der Waals surface area contributed by atoms with Gasteiger partial charge < -0.3 is 9.73 Å². The highest BCUT2D eigenvalue weighted by atomic mass is 32.2. The van der Waals surface area contributed by atoms with Crippen LogP contribution in [-0.2, 0) is 10.0 Å². The largest absolute Gasteiger partial charge is 0.451 e. The van der Waals surface area contributed by atoms with E-state index in [1.165, 1.54) is 13.0 Å². The van der Waals surface area contributed by atoms with Crippen LogP contribution in [0.15, 0.2) is 45.6 Å². The van der Waals surface area contributed by atoms with Crippen LogP contribution in [0.4, 0.5) is 18.9 Å². The van der Waals surface area contributed by atoms with Gasteiger partial charge in [-0.1, -0.05) is 0 Å². The van der Waals surface area contributed by atoms with Gasteiger partial charge >= 0.3 is 0 Å². The van der Waals surface area contributed by atoms with E-state index in [9.17, 15) is 31.2 Å². The Bertz CT molecular complexity index is 1300. The molecule has 0 aliphatic rings. The smallest absolute Gasteiger partial charge is 0.287 e. The van der Waals surface area contributed by atoms with Crippen molar-refractivity contribution in [2.24, 2.45) is 0 Å². The first-order chi connectivity index (χ1) is 13.9. The maximum absolute atomic E-state index is 14.2.